The Hall–Kier alpha value is -0.510. The van der Waals surface area contributed by atoms with Crippen molar-refractivity contribution in [2.45, 2.75) is 11.8 Å². The molecule has 0 spiro atoms. The van der Waals surface area contributed by atoms with Crippen molar-refractivity contribution in [2.24, 2.45) is 0 Å². The Bertz CT molecular complexity index is 766. The van der Waals surface area contributed by atoms with E-state index in [0.717, 1.165) is 0 Å². The van der Waals surface area contributed by atoms with Gasteiger partial charge in [0.05, 0.1) is 11.1 Å². The monoisotopic (exact) mass is 483 g/mol. The largest absolute Gasteiger partial charge is 0.263 e. The summed E-state index contributed by atoms with van der Waals surface area (Å²) in [5, 5.41) is 0. The number of sulfonamides is 1. The van der Waals surface area contributed by atoms with Crippen LogP contribution in [0.25, 0.3) is 0 Å². The summed E-state index contributed by atoms with van der Waals surface area (Å²) >= 11 is 9.58. The maximum Gasteiger partial charge on any atom is 0.263 e. The highest BCUT2D eigenvalue weighted by molar-refractivity contribution is 9.11. The van der Waals surface area contributed by atoms with Crippen LogP contribution in [0.4, 0.5) is 5.82 Å². The molecule has 0 fully saturated rings. The average Bonchev–Trinajstić information content (AvgIpc) is 2.35. The zero-order valence-corrected chi connectivity index (χ0v) is 15.6. The van der Waals surface area contributed by atoms with E-state index in [1.165, 1.54) is 12.3 Å². The predicted molar refractivity (Wildman–Crippen MR) is 87.1 cm³/mol. The summed E-state index contributed by atoms with van der Waals surface area (Å²) in [6, 6.07) is 5.04. The van der Waals surface area contributed by atoms with Crippen LogP contribution in [0.3, 0.4) is 0 Å². The molecule has 0 radical (unpaired) electrons. The molecule has 0 aliphatic rings. The van der Waals surface area contributed by atoms with Crippen LogP contribution in [0.1, 0.15) is 5.56 Å². The fourth-order valence-electron chi connectivity index (χ4n) is 1.46. The summed E-state index contributed by atoms with van der Waals surface area (Å²) < 4.78 is 28.7. The number of hydrogen-bond donors (Lipinski definition) is 1. The molecule has 20 heavy (non-hydrogen) atoms. The summed E-state index contributed by atoms with van der Waals surface area (Å²) in [5.74, 6) is 0.132. The molecule has 0 amide bonds. The minimum atomic E-state index is -3.73. The molecule has 1 N–H and O–H groups in total. The van der Waals surface area contributed by atoms with Gasteiger partial charge < -0.3 is 0 Å². The molecule has 1 heterocycles. The Labute approximate surface area is 141 Å². The Kier molecular flexibility index (Phi) is 4.83. The molecule has 106 valence electrons. The molecule has 0 aliphatic carbocycles. The van der Waals surface area contributed by atoms with Gasteiger partial charge >= 0.3 is 0 Å². The van der Waals surface area contributed by atoms with E-state index in [9.17, 15) is 8.42 Å². The predicted octanol–water partition coefficient (Wildman–Crippen LogP) is 3.87. The molecule has 0 saturated heterocycles. The summed E-state index contributed by atoms with van der Waals surface area (Å²) in [5.41, 5.74) is 0.641. The molecule has 1 aromatic carbocycles. The number of benzene rings is 1. The first-order chi connectivity index (χ1) is 9.29. The Balaban J connectivity index is 2.43. The van der Waals surface area contributed by atoms with Crippen molar-refractivity contribution < 1.29 is 8.42 Å². The lowest BCUT2D eigenvalue weighted by Crippen LogP contribution is -2.16. The van der Waals surface area contributed by atoms with Crippen LogP contribution in [0, 0.1) is 6.92 Å². The lowest BCUT2D eigenvalue weighted by atomic mass is 10.2. The van der Waals surface area contributed by atoms with Crippen molar-refractivity contribution in [1.29, 1.82) is 0 Å². The third-order valence-electron chi connectivity index (χ3n) is 2.37. The molecule has 2 rings (SSSR count). The van der Waals surface area contributed by atoms with Crippen LogP contribution in [0.5, 0.6) is 0 Å². The molecule has 0 saturated carbocycles. The number of anilines is 1. The quantitative estimate of drug-likeness (QED) is 0.716. The molecular formula is C11H8Br3N3O2S. The van der Waals surface area contributed by atoms with Gasteiger partial charge in [-0.15, -0.1) is 0 Å². The Morgan fingerprint density at radius 2 is 1.90 bits per heavy atom. The first-order valence-electron chi connectivity index (χ1n) is 5.26. The van der Waals surface area contributed by atoms with Crippen LogP contribution in [0.15, 0.2) is 43.0 Å². The molecule has 0 atom stereocenters. The van der Waals surface area contributed by atoms with Crippen molar-refractivity contribution in [3.05, 3.63) is 43.6 Å². The highest BCUT2D eigenvalue weighted by Gasteiger charge is 2.19. The number of halogens is 3. The van der Waals surface area contributed by atoms with Gasteiger partial charge in [0.25, 0.3) is 10.0 Å². The van der Waals surface area contributed by atoms with Crippen molar-refractivity contribution in [3.63, 3.8) is 0 Å². The standard InChI is InChI=1S/C11H8Br3N3O2S/c1-6-2-3-7(12)4-8(6)20(18,19)17-11-10(14)16-9(13)5-15-11/h2-5H,1H3,(H,15,17). The van der Waals surface area contributed by atoms with E-state index in [4.69, 9.17) is 0 Å². The summed E-state index contributed by atoms with van der Waals surface area (Å²) in [4.78, 5) is 8.19. The second kappa shape index (κ2) is 6.08. The normalized spacial score (nSPS) is 11.4. The van der Waals surface area contributed by atoms with E-state index in [1.54, 1.807) is 19.1 Å². The van der Waals surface area contributed by atoms with Crippen LogP contribution in [0.2, 0.25) is 0 Å². The fraction of sp³-hybridized carbons (Fsp3) is 0.0909. The van der Waals surface area contributed by atoms with E-state index in [0.29, 0.717) is 19.2 Å². The minimum absolute atomic E-state index is 0.132. The first kappa shape index (κ1) is 15.9. The molecule has 0 unspecified atom stereocenters. The topological polar surface area (TPSA) is 72.0 Å². The smallest absolute Gasteiger partial charge is 0.261 e. The van der Waals surface area contributed by atoms with Crippen molar-refractivity contribution in [2.75, 3.05) is 4.72 Å². The van der Waals surface area contributed by atoms with E-state index < -0.39 is 10.0 Å². The Morgan fingerprint density at radius 1 is 1.20 bits per heavy atom. The van der Waals surface area contributed by atoms with Gasteiger partial charge in [0.1, 0.15) is 4.60 Å². The second-order valence-corrected chi connectivity index (χ2v) is 7.98. The van der Waals surface area contributed by atoms with E-state index in [2.05, 4.69) is 62.5 Å². The molecular weight excluding hydrogens is 478 g/mol. The molecule has 5 nitrogen and oxygen atoms in total. The number of hydrogen-bond acceptors (Lipinski definition) is 4. The third kappa shape index (κ3) is 3.57. The zero-order chi connectivity index (χ0) is 14.9. The van der Waals surface area contributed by atoms with E-state index in [1.807, 2.05) is 0 Å². The Morgan fingerprint density at radius 3 is 2.55 bits per heavy atom. The van der Waals surface area contributed by atoms with Crippen LogP contribution in [-0.4, -0.2) is 18.4 Å². The van der Waals surface area contributed by atoms with Gasteiger partial charge in [0, 0.05) is 4.47 Å². The number of nitrogens with one attached hydrogen (secondary N) is 1. The molecule has 1 aromatic heterocycles. The average molecular weight is 486 g/mol. The highest BCUT2D eigenvalue weighted by atomic mass is 79.9. The summed E-state index contributed by atoms with van der Waals surface area (Å²) in [7, 11) is -3.73. The maximum atomic E-state index is 12.4. The number of aromatic nitrogens is 2. The number of nitrogens with zero attached hydrogens (tertiary/aromatic N) is 2. The van der Waals surface area contributed by atoms with E-state index in [-0.39, 0.29) is 10.7 Å². The number of rotatable bonds is 3. The van der Waals surface area contributed by atoms with Crippen molar-refractivity contribution >= 4 is 63.6 Å². The molecule has 2 aromatic rings. The second-order valence-electron chi connectivity index (χ2n) is 3.85. The molecule has 9 heteroatoms. The number of aryl methyl sites for hydroxylation is 1. The van der Waals surface area contributed by atoms with Gasteiger partial charge in [0.15, 0.2) is 10.4 Å². The first-order valence-corrected chi connectivity index (χ1v) is 9.13. The lowest BCUT2D eigenvalue weighted by Gasteiger charge is -2.11. The van der Waals surface area contributed by atoms with Gasteiger partial charge in [-0.2, -0.15) is 0 Å². The van der Waals surface area contributed by atoms with Crippen LogP contribution < -0.4 is 4.72 Å². The summed E-state index contributed by atoms with van der Waals surface area (Å²) in [6.45, 7) is 1.73. The van der Waals surface area contributed by atoms with Gasteiger partial charge in [-0.05, 0) is 56.5 Å². The fourth-order valence-corrected chi connectivity index (χ4v) is 4.30. The van der Waals surface area contributed by atoms with Crippen molar-refractivity contribution in [1.82, 2.24) is 9.97 Å². The highest BCUT2D eigenvalue weighted by Crippen LogP contribution is 2.25. The molecule has 0 aliphatic heterocycles. The lowest BCUT2D eigenvalue weighted by molar-refractivity contribution is 0.600. The van der Waals surface area contributed by atoms with Crippen LogP contribution >= 0.6 is 47.8 Å². The van der Waals surface area contributed by atoms with Gasteiger partial charge in [-0.25, -0.2) is 18.4 Å². The van der Waals surface area contributed by atoms with Gasteiger partial charge in [0.2, 0.25) is 0 Å². The van der Waals surface area contributed by atoms with E-state index >= 15 is 0 Å². The van der Waals surface area contributed by atoms with Crippen LogP contribution in [-0.2, 0) is 10.0 Å². The summed E-state index contributed by atoms with van der Waals surface area (Å²) in [6.07, 6.45) is 1.41. The SMILES string of the molecule is Cc1ccc(Br)cc1S(=O)(=O)Nc1ncc(Br)nc1Br. The van der Waals surface area contributed by atoms with Gasteiger partial charge in [-0.1, -0.05) is 22.0 Å². The zero-order valence-electron chi connectivity index (χ0n) is 10.1. The van der Waals surface area contributed by atoms with Crippen molar-refractivity contribution in [3.8, 4) is 0 Å². The molecule has 0 bridgehead atoms. The maximum absolute atomic E-state index is 12.4. The minimum Gasteiger partial charge on any atom is -0.261 e. The van der Waals surface area contributed by atoms with Gasteiger partial charge in [-0.3, -0.25) is 4.72 Å². The third-order valence-corrected chi connectivity index (χ3v) is 5.28.